The van der Waals surface area contributed by atoms with Crippen LogP contribution in [-0.4, -0.2) is 0 Å². The fourth-order valence-corrected chi connectivity index (χ4v) is 2.37. The second-order valence-electron chi connectivity index (χ2n) is 6.30. The van der Waals surface area contributed by atoms with Crippen LogP contribution in [0.25, 0.3) is 0 Å². The maximum atomic E-state index is 3.92. The number of hydrogen-bond acceptors (Lipinski definition) is 0. The molecule has 0 saturated carbocycles. The van der Waals surface area contributed by atoms with E-state index in [4.69, 9.17) is 0 Å². The van der Waals surface area contributed by atoms with Gasteiger partial charge in [0.25, 0.3) is 0 Å². The van der Waals surface area contributed by atoms with Gasteiger partial charge in [0.1, 0.15) is 0 Å². The normalized spacial score (nSPS) is 13.1. The van der Waals surface area contributed by atoms with Crippen LogP contribution < -0.4 is 0 Å². The van der Waals surface area contributed by atoms with Gasteiger partial charge < -0.3 is 0 Å². The van der Waals surface area contributed by atoms with Gasteiger partial charge in [0.05, 0.1) is 0 Å². The Kier molecular flexibility index (Phi) is 5.65. The molecule has 0 radical (unpaired) electrons. The second-order valence-corrected chi connectivity index (χ2v) is 6.30. The van der Waals surface area contributed by atoms with Crippen molar-refractivity contribution in [3.63, 3.8) is 0 Å². The van der Waals surface area contributed by atoms with E-state index in [1.54, 1.807) is 0 Å². The lowest BCUT2D eigenvalue weighted by atomic mass is 9.90. The smallest absolute Gasteiger partial charge is 0.00129 e. The first-order valence-electron chi connectivity index (χ1n) is 7.17. The van der Waals surface area contributed by atoms with Crippen molar-refractivity contribution >= 4 is 0 Å². The van der Waals surface area contributed by atoms with Gasteiger partial charge in [0.2, 0.25) is 0 Å². The van der Waals surface area contributed by atoms with Crippen LogP contribution in [0.5, 0.6) is 0 Å². The lowest BCUT2D eigenvalue weighted by Crippen LogP contribution is -2.01. The van der Waals surface area contributed by atoms with Crippen molar-refractivity contribution in [2.45, 2.75) is 53.4 Å². The zero-order chi connectivity index (χ0) is 13.7. The predicted octanol–water partition coefficient (Wildman–Crippen LogP) is 5.37. The summed E-state index contributed by atoms with van der Waals surface area (Å²) >= 11 is 0. The molecule has 0 spiro atoms. The minimum absolute atomic E-state index is 0.447. The Balaban J connectivity index is 3.06. The summed E-state index contributed by atoms with van der Waals surface area (Å²) in [6.07, 6.45) is 4.37. The van der Waals surface area contributed by atoms with Crippen LogP contribution in [0.2, 0.25) is 0 Å². The van der Waals surface area contributed by atoms with E-state index < -0.39 is 0 Å². The van der Waals surface area contributed by atoms with Crippen molar-refractivity contribution in [3.05, 3.63) is 47.5 Å². The van der Waals surface area contributed by atoms with E-state index in [2.05, 4.69) is 59.4 Å². The largest absolute Gasteiger partial charge is 0.102 e. The summed E-state index contributed by atoms with van der Waals surface area (Å²) in [5.41, 5.74) is 4.37. The third kappa shape index (κ3) is 4.68. The minimum Gasteiger partial charge on any atom is -0.102 e. The van der Waals surface area contributed by atoms with Crippen molar-refractivity contribution in [1.82, 2.24) is 0 Å². The van der Waals surface area contributed by atoms with E-state index in [1.165, 1.54) is 29.5 Å². The van der Waals surface area contributed by atoms with Crippen molar-refractivity contribution < 1.29 is 0 Å². The summed E-state index contributed by atoms with van der Waals surface area (Å²) in [5, 5.41) is 0. The lowest BCUT2D eigenvalue weighted by molar-refractivity contribution is 0.634. The maximum absolute atomic E-state index is 3.92. The molecule has 0 aromatic heterocycles. The first-order valence-corrected chi connectivity index (χ1v) is 7.17. The number of benzene rings is 1. The first-order chi connectivity index (χ1) is 8.42. The third-order valence-corrected chi connectivity index (χ3v) is 3.24. The molecule has 0 heteroatoms. The van der Waals surface area contributed by atoms with Crippen LogP contribution >= 0.6 is 0 Å². The Morgan fingerprint density at radius 1 is 0.889 bits per heavy atom. The fraction of sp³-hybridized carbons (Fsp3) is 0.556. The van der Waals surface area contributed by atoms with Gasteiger partial charge in [0, 0.05) is 0 Å². The van der Waals surface area contributed by atoms with E-state index in [1.807, 2.05) is 6.08 Å². The molecule has 0 bridgehead atoms. The van der Waals surface area contributed by atoms with Crippen molar-refractivity contribution in [2.75, 3.05) is 0 Å². The molecule has 0 amide bonds. The van der Waals surface area contributed by atoms with Crippen LogP contribution in [0.3, 0.4) is 0 Å². The predicted molar refractivity (Wildman–Crippen MR) is 82.1 cm³/mol. The standard InChI is InChI=1S/C18H28/c1-7-15(6)18-11-16(8-13(2)3)10-17(12-18)9-14(4)5/h7,10-15H,1,8-9H2,2-6H3. The van der Waals surface area contributed by atoms with Gasteiger partial charge in [-0.1, -0.05) is 58.9 Å². The maximum Gasteiger partial charge on any atom is -0.00129 e. The molecule has 0 aliphatic carbocycles. The van der Waals surface area contributed by atoms with Gasteiger partial charge in [0.15, 0.2) is 0 Å². The summed E-state index contributed by atoms with van der Waals surface area (Å²) in [4.78, 5) is 0. The van der Waals surface area contributed by atoms with Crippen LogP contribution in [0.4, 0.5) is 0 Å². The molecule has 1 atom stereocenters. The molecule has 18 heavy (non-hydrogen) atoms. The molecule has 0 aliphatic rings. The van der Waals surface area contributed by atoms with Crippen molar-refractivity contribution in [2.24, 2.45) is 11.8 Å². The highest BCUT2D eigenvalue weighted by Crippen LogP contribution is 2.23. The quantitative estimate of drug-likeness (QED) is 0.590. The van der Waals surface area contributed by atoms with Crippen LogP contribution in [0, 0.1) is 11.8 Å². The Hall–Kier alpha value is -1.04. The molecule has 1 rings (SSSR count). The Morgan fingerprint density at radius 2 is 1.33 bits per heavy atom. The summed E-state index contributed by atoms with van der Waals surface area (Å²) in [5.74, 6) is 1.88. The average molecular weight is 244 g/mol. The summed E-state index contributed by atoms with van der Waals surface area (Å²) in [7, 11) is 0. The van der Waals surface area contributed by atoms with Gasteiger partial charge in [-0.05, 0) is 47.3 Å². The zero-order valence-electron chi connectivity index (χ0n) is 12.7. The van der Waals surface area contributed by atoms with E-state index >= 15 is 0 Å². The van der Waals surface area contributed by atoms with Crippen molar-refractivity contribution in [1.29, 1.82) is 0 Å². The topological polar surface area (TPSA) is 0 Å². The highest BCUT2D eigenvalue weighted by molar-refractivity contribution is 5.34. The molecule has 0 heterocycles. The first kappa shape index (κ1) is 15.0. The van der Waals surface area contributed by atoms with Crippen LogP contribution in [0.15, 0.2) is 30.9 Å². The van der Waals surface area contributed by atoms with Gasteiger partial charge in [-0.3, -0.25) is 0 Å². The molecule has 1 aromatic carbocycles. The number of hydrogen-bond donors (Lipinski definition) is 0. The molecular formula is C18H28. The molecule has 1 unspecified atom stereocenters. The van der Waals surface area contributed by atoms with E-state index in [-0.39, 0.29) is 0 Å². The average Bonchev–Trinajstić information content (AvgIpc) is 2.25. The third-order valence-electron chi connectivity index (χ3n) is 3.24. The molecule has 1 aromatic rings. The Morgan fingerprint density at radius 3 is 1.67 bits per heavy atom. The summed E-state index contributed by atoms with van der Waals surface area (Å²) in [6, 6.07) is 7.10. The second kappa shape index (κ2) is 6.78. The van der Waals surface area contributed by atoms with Gasteiger partial charge >= 0.3 is 0 Å². The van der Waals surface area contributed by atoms with Crippen LogP contribution in [0.1, 0.15) is 57.2 Å². The molecule has 0 aliphatic heterocycles. The molecule has 100 valence electrons. The molecule has 0 fully saturated rings. The van der Waals surface area contributed by atoms with Crippen LogP contribution in [-0.2, 0) is 12.8 Å². The van der Waals surface area contributed by atoms with Gasteiger partial charge in [-0.25, -0.2) is 0 Å². The molecule has 0 saturated heterocycles. The SMILES string of the molecule is C=CC(C)c1cc(CC(C)C)cc(CC(C)C)c1. The molecule has 0 N–H and O–H groups in total. The Bertz CT molecular complexity index is 357. The zero-order valence-corrected chi connectivity index (χ0v) is 12.7. The Labute approximate surface area is 113 Å². The minimum atomic E-state index is 0.447. The molecular weight excluding hydrogens is 216 g/mol. The van der Waals surface area contributed by atoms with E-state index in [0.29, 0.717) is 17.8 Å². The number of rotatable bonds is 6. The summed E-state index contributed by atoms with van der Waals surface area (Å²) in [6.45, 7) is 15.3. The fourth-order valence-electron chi connectivity index (χ4n) is 2.37. The van der Waals surface area contributed by atoms with E-state index in [9.17, 15) is 0 Å². The van der Waals surface area contributed by atoms with Gasteiger partial charge in [-0.15, -0.1) is 6.58 Å². The monoisotopic (exact) mass is 244 g/mol. The highest BCUT2D eigenvalue weighted by Gasteiger charge is 2.08. The van der Waals surface area contributed by atoms with E-state index in [0.717, 1.165) is 0 Å². The number of allylic oxidation sites excluding steroid dienone is 1. The molecule has 0 nitrogen and oxygen atoms in total. The van der Waals surface area contributed by atoms with Crippen molar-refractivity contribution in [3.8, 4) is 0 Å². The highest BCUT2D eigenvalue weighted by atomic mass is 14.1. The lowest BCUT2D eigenvalue weighted by Gasteiger charge is -2.15. The van der Waals surface area contributed by atoms with Gasteiger partial charge in [-0.2, -0.15) is 0 Å². The summed E-state index contributed by atoms with van der Waals surface area (Å²) < 4.78 is 0.